The number of ether oxygens (including phenoxy) is 1. The van der Waals surface area contributed by atoms with E-state index in [-0.39, 0.29) is 12.8 Å². The average molecular weight is 197 g/mol. The summed E-state index contributed by atoms with van der Waals surface area (Å²) in [6.07, 6.45) is -3.05. The molecular formula is C8H14F3NO. The molecule has 13 heavy (non-hydrogen) atoms. The first-order valence-electron chi connectivity index (χ1n) is 4.32. The van der Waals surface area contributed by atoms with Crippen LogP contribution in [0.25, 0.3) is 0 Å². The molecule has 0 bridgehead atoms. The van der Waals surface area contributed by atoms with Crippen LogP contribution in [-0.2, 0) is 4.74 Å². The zero-order valence-electron chi connectivity index (χ0n) is 7.58. The van der Waals surface area contributed by atoms with Crippen molar-refractivity contribution in [3.8, 4) is 0 Å². The molecule has 2 nitrogen and oxygen atoms in total. The van der Waals surface area contributed by atoms with Crippen LogP contribution in [0.2, 0.25) is 0 Å². The molecule has 1 rings (SSSR count). The maximum absolute atomic E-state index is 12.3. The van der Waals surface area contributed by atoms with Gasteiger partial charge in [0.25, 0.3) is 0 Å². The molecule has 0 amide bonds. The Bertz CT molecular complexity index is 165. The van der Waals surface area contributed by atoms with Crippen molar-refractivity contribution in [2.24, 2.45) is 0 Å². The third-order valence-corrected chi connectivity index (χ3v) is 2.28. The zero-order chi connectivity index (χ0) is 9.95. The van der Waals surface area contributed by atoms with Crippen LogP contribution in [0.3, 0.4) is 0 Å². The maximum atomic E-state index is 12.3. The highest BCUT2D eigenvalue weighted by Gasteiger charge is 2.62. The van der Waals surface area contributed by atoms with Gasteiger partial charge in [-0.25, -0.2) is 0 Å². The molecule has 0 aliphatic heterocycles. The van der Waals surface area contributed by atoms with Gasteiger partial charge in [-0.3, -0.25) is 0 Å². The quantitative estimate of drug-likeness (QED) is 0.677. The second kappa shape index (κ2) is 3.84. The van der Waals surface area contributed by atoms with Crippen molar-refractivity contribution in [3.63, 3.8) is 0 Å². The van der Waals surface area contributed by atoms with E-state index in [0.29, 0.717) is 19.6 Å². The molecule has 0 aromatic rings. The normalized spacial score (nSPS) is 20.3. The SMILES string of the molecule is COCCCNC1(C(F)(F)F)CC1. The summed E-state index contributed by atoms with van der Waals surface area (Å²) in [6, 6.07) is 0. The molecule has 1 aliphatic rings. The van der Waals surface area contributed by atoms with E-state index in [2.05, 4.69) is 5.32 Å². The molecule has 0 spiro atoms. The predicted octanol–water partition coefficient (Wildman–Crippen LogP) is 1.71. The number of alkyl halides is 3. The fourth-order valence-electron chi connectivity index (χ4n) is 1.23. The van der Waals surface area contributed by atoms with E-state index < -0.39 is 11.7 Å². The van der Waals surface area contributed by atoms with Gasteiger partial charge in [0.1, 0.15) is 5.54 Å². The highest BCUT2D eigenvalue weighted by atomic mass is 19.4. The van der Waals surface area contributed by atoms with Gasteiger partial charge in [-0.15, -0.1) is 0 Å². The Morgan fingerprint density at radius 1 is 1.38 bits per heavy atom. The van der Waals surface area contributed by atoms with E-state index in [9.17, 15) is 13.2 Å². The largest absolute Gasteiger partial charge is 0.406 e. The summed E-state index contributed by atoms with van der Waals surface area (Å²) in [5.74, 6) is 0. The van der Waals surface area contributed by atoms with Crippen LogP contribution < -0.4 is 5.32 Å². The van der Waals surface area contributed by atoms with Crippen molar-refractivity contribution in [1.82, 2.24) is 5.32 Å². The molecular weight excluding hydrogens is 183 g/mol. The molecule has 0 radical (unpaired) electrons. The highest BCUT2D eigenvalue weighted by Crippen LogP contribution is 2.48. The summed E-state index contributed by atoms with van der Waals surface area (Å²) in [5.41, 5.74) is -1.57. The van der Waals surface area contributed by atoms with Crippen LogP contribution >= 0.6 is 0 Å². The van der Waals surface area contributed by atoms with E-state index in [0.717, 1.165) is 0 Å². The van der Waals surface area contributed by atoms with Crippen molar-refractivity contribution >= 4 is 0 Å². The molecule has 5 heteroatoms. The van der Waals surface area contributed by atoms with E-state index in [1.54, 1.807) is 0 Å². The third-order valence-electron chi connectivity index (χ3n) is 2.28. The lowest BCUT2D eigenvalue weighted by Gasteiger charge is -2.20. The van der Waals surface area contributed by atoms with Gasteiger partial charge in [0.2, 0.25) is 0 Å². The number of nitrogens with one attached hydrogen (secondary N) is 1. The van der Waals surface area contributed by atoms with Crippen LogP contribution in [0, 0.1) is 0 Å². The van der Waals surface area contributed by atoms with Crippen molar-refractivity contribution < 1.29 is 17.9 Å². The molecule has 0 heterocycles. The lowest BCUT2D eigenvalue weighted by Crippen LogP contribution is -2.45. The smallest absolute Gasteiger partial charge is 0.385 e. The van der Waals surface area contributed by atoms with Gasteiger partial charge >= 0.3 is 6.18 Å². The lowest BCUT2D eigenvalue weighted by atomic mass is 10.2. The van der Waals surface area contributed by atoms with Gasteiger partial charge in [0.05, 0.1) is 0 Å². The van der Waals surface area contributed by atoms with E-state index in [1.165, 1.54) is 7.11 Å². The first-order valence-corrected chi connectivity index (χ1v) is 4.32. The number of hydrogen-bond acceptors (Lipinski definition) is 2. The van der Waals surface area contributed by atoms with Gasteiger partial charge < -0.3 is 10.1 Å². The van der Waals surface area contributed by atoms with Gasteiger partial charge in [-0.1, -0.05) is 0 Å². The molecule has 0 aromatic heterocycles. The Morgan fingerprint density at radius 3 is 2.38 bits per heavy atom. The summed E-state index contributed by atoms with van der Waals surface area (Å²) in [4.78, 5) is 0. The zero-order valence-corrected chi connectivity index (χ0v) is 7.58. The van der Waals surface area contributed by atoms with Crippen molar-refractivity contribution in [3.05, 3.63) is 0 Å². The van der Waals surface area contributed by atoms with Gasteiger partial charge in [0, 0.05) is 13.7 Å². The fourth-order valence-corrected chi connectivity index (χ4v) is 1.23. The van der Waals surface area contributed by atoms with E-state index in [4.69, 9.17) is 4.74 Å². The topological polar surface area (TPSA) is 21.3 Å². The summed E-state index contributed by atoms with van der Waals surface area (Å²) in [7, 11) is 1.54. The second-order valence-electron chi connectivity index (χ2n) is 3.35. The third kappa shape index (κ3) is 2.57. The van der Waals surface area contributed by atoms with Crippen LogP contribution in [0.15, 0.2) is 0 Å². The van der Waals surface area contributed by atoms with Crippen molar-refractivity contribution in [2.45, 2.75) is 31.0 Å². The summed E-state index contributed by atoms with van der Waals surface area (Å²) in [5, 5.41) is 2.54. The number of rotatable bonds is 5. The molecule has 0 atom stereocenters. The Labute approximate surface area is 75.4 Å². The Hall–Kier alpha value is -0.290. The molecule has 1 fully saturated rings. The minimum absolute atomic E-state index is 0.212. The molecule has 1 saturated carbocycles. The molecule has 0 saturated heterocycles. The van der Waals surface area contributed by atoms with Crippen molar-refractivity contribution in [1.29, 1.82) is 0 Å². The minimum Gasteiger partial charge on any atom is -0.385 e. The number of methoxy groups -OCH3 is 1. The Kier molecular flexibility index (Phi) is 3.18. The summed E-state index contributed by atoms with van der Waals surface area (Å²) < 4.78 is 41.7. The molecule has 0 unspecified atom stereocenters. The van der Waals surface area contributed by atoms with E-state index >= 15 is 0 Å². The van der Waals surface area contributed by atoms with Gasteiger partial charge in [-0.2, -0.15) is 13.2 Å². The number of hydrogen-bond donors (Lipinski definition) is 1. The number of halogens is 3. The van der Waals surface area contributed by atoms with Crippen molar-refractivity contribution in [2.75, 3.05) is 20.3 Å². The molecule has 1 aliphatic carbocycles. The highest BCUT2D eigenvalue weighted by molar-refractivity contribution is 5.07. The van der Waals surface area contributed by atoms with E-state index in [1.807, 2.05) is 0 Å². The molecule has 78 valence electrons. The molecule has 0 aromatic carbocycles. The standard InChI is InChI=1S/C8H14F3NO/c1-13-6-2-5-12-7(3-4-7)8(9,10)11/h12H,2-6H2,1H3. The van der Waals surface area contributed by atoms with Crippen LogP contribution in [-0.4, -0.2) is 32.0 Å². The van der Waals surface area contributed by atoms with Gasteiger partial charge in [-0.05, 0) is 25.8 Å². The second-order valence-corrected chi connectivity index (χ2v) is 3.35. The average Bonchev–Trinajstić information content (AvgIpc) is 2.77. The Morgan fingerprint density at radius 2 is 2.00 bits per heavy atom. The van der Waals surface area contributed by atoms with Crippen LogP contribution in [0.1, 0.15) is 19.3 Å². The first-order chi connectivity index (χ1) is 6.02. The first kappa shape index (κ1) is 10.8. The predicted molar refractivity (Wildman–Crippen MR) is 42.5 cm³/mol. The summed E-state index contributed by atoms with van der Waals surface area (Å²) >= 11 is 0. The lowest BCUT2D eigenvalue weighted by molar-refractivity contribution is -0.165. The van der Waals surface area contributed by atoms with Gasteiger partial charge in [0.15, 0.2) is 0 Å². The summed E-state index contributed by atoms with van der Waals surface area (Å²) in [6.45, 7) is 0.869. The minimum atomic E-state index is -4.10. The fraction of sp³-hybridized carbons (Fsp3) is 1.00. The Balaban J connectivity index is 2.21. The monoisotopic (exact) mass is 197 g/mol. The van der Waals surface area contributed by atoms with Crippen LogP contribution in [0.5, 0.6) is 0 Å². The maximum Gasteiger partial charge on any atom is 0.406 e. The van der Waals surface area contributed by atoms with Crippen LogP contribution in [0.4, 0.5) is 13.2 Å². The molecule has 1 N–H and O–H groups in total.